The van der Waals surface area contributed by atoms with Gasteiger partial charge in [-0.3, -0.25) is 9.59 Å². The normalized spacial score (nSPS) is 15.7. The molecule has 1 saturated heterocycles. The van der Waals surface area contributed by atoms with Crippen LogP contribution in [0.15, 0.2) is 6.20 Å². The molecule has 2 heterocycles. The average molecular weight is 327 g/mol. The van der Waals surface area contributed by atoms with E-state index in [1.807, 2.05) is 4.90 Å². The maximum Gasteiger partial charge on any atom is 0.308 e. The van der Waals surface area contributed by atoms with Crippen molar-refractivity contribution in [2.45, 2.75) is 19.8 Å². The number of carboxylic acids is 1. The summed E-state index contributed by atoms with van der Waals surface area (Å²) in [7, 11) is 1.54. The Bertz CT molecular complexity index is 575. The highest BCUT2D eigenvalue weighted by atomic mass is 35.5. The van der Waals surface area contributed by atoms with Gasteiger partial charge in [-0.15, -0.1) is 0 Å². The summed E-state index contributed by atoms with van der Waals surface area (Å²) in [4.78, 5) is 35.1. The van der Waals surface area contributed by atoms with Crippen molar-refractivity contribution in [3.63, 3.8) is 0 Å². The molecule has 7 nitrogen and oxygen atoms in total. The maximum absolute atomic E-state index is 12.4. The van der Waals surface area contributed by atoms with E-state index in [-0.39, 0.29) is 17.3 Å². The second-order valence-corrected chi connectivity index (χ2v) is 5.89. The number of hydrogen-bond acceptors (Lipinski definition) is 5. The van der Waals surface area contributed by atoms with Crippen LogP contribution in [0.3, 0.4) is 0 Å². The molecule has 1 fully saturated rings. The van der Waals surface area contributed by atoms with Gasteiger partial charge in [0.2, 0.25) is 5.95 Å². The van der Waals surface area contributed by atoms with Gasteiger partial charge in [-0.2, -0.15) is 0 Å². The van der Waals surface area contributed by atoms with Gasteiger partial charge < -0.3 is 14.9 Å². The zero-order valence-electron chi connectivity index (χ0n) is 12.6. The minimum atomic E-state index is -0.953. The molecule has 0 radical (unpaired) electrons. The van der Waals surface area contributed by atoms with Gasteiger partial charge in [-0.05, 0) is 12.8 Å². The predicted octanol–water partition coefficient (Wildman–Crippen LogP) is 1.52. The van der Waals surface area contributed by atoms with Crippen molar-refractivity contribution < 1.29 is 14.7 Å². The van der Waals surface area contributed by atoms with Crippen LogP contribution in [-0.4, -0.2) is 58.5 Å². The molecule has 1 aromatic rings. The van der Waals surface area contributed by atoms with Crippen LogP contribution < -0.4 is 4.90 Å². The maximum atomic E-state index is 12.4. The fraction of sp³-hybridized carbons (Fsp3) is 0.571. The number of anilines is 1. The molecule has 2 rings (SSSR count). The molecule has 8 heteroatoms. The van der Waals surface area contributed by atoms with Crippen molar-refractivity contribution in [3.05, 3.63) is 16.9 Å². The molecule has 0 spiro atoms. The van der Waals surface area contributed by atoms with Crippen LogP contribution in [0, 0.1) is 5.92 Å². The SMILES string of the molecule is CC(CN(C)C(=O)c1nc(N2CCCC2)ncc1Cl)C(=O)O. The lowest BCUT2D eigenvalue weighted by atomic mass is 10.1. The van der Waals surface area contributed by atoms with Gasteiger partial charge in [0.25, 0.3) is 5.91 Å². The summed E-state index contributed by atoms with van der Waals surface area (Å²) in [5, 5.41) is 9.10. The third-order valence-corrected chi connectivity index (χ3v) is 3.92. The number of hydrogen-bond donors (Lipinski definition) is 1. The quantitative estimate of drug-likeness (QED) is 0.883. The molecule has 0 bridgehead atoms. The van der Waals surface area contributed by atoms with E-state index in [9.17, 15) is 9.59 Å². The molecule has 0 aliphatic carbocycles. The summed E-state index contributed by atoms with van der Waals surface area (Å²) in [5.41, 5.74) is 0.110. The molecule has 120 valence electrons. The Balaban J connectivity index is 2.17. The predicted molar refractivity (Wildman–Crippen MR) is 82.2 cm³/mol. The number of aliphatic carboxylic acids is 1. The number of amides is 1. The summed E-state index contributed by atoms with van der Waals surface area (Å²) >= 11 is 6.03. The van der Waals surface area contributed by atoms with E-state index in [1.165, 1.54) is 18.1 Å². The van der Waals surface area contributed by atoms with Crippen LogP contribution in [0.2, 0.25) is 5.02 Å². The van der Waals surface area contributed by atoms with Crippen LogP contribution in [0.5, 0.6) is 0 Å². The molecule has 1 N–H and O–H groups in total. The van der Waals surface area contributed by atoms with Crippen molar-refractivity contribution >= 4 is 29.4 Å². The molecule has 1 aliphatic rings. The van der Waals surface area contributed by atoms with Crippen LogP contribution in [-0.2, 0) is 4.79 Å². The number of carbonyl (C=O) groups excluding carboxylic acids is 1. The summed E-state index contributed by atoms with van der Waals surface area (Å²) in [6, 6.07) is 0. The highest BCUT2D eigenvalue weighted by Crippen LogP contribution is 2.21. The van der Waals surface area contributed by atoms with Gasteiger partial charge in [-0.25, -0.2) is 9.97 Å². The zero-order valence-corrected chi connectivity index (χ0v) is 13.4. The Hall–Kier alpha value is -1.89. The first-order valence-corrected chi connectivity index (χ1v) is 7.53. The number of carbonyl (C=O) groups is 2. The van der Waals surface area contributed by atoms with Crippen molar-refractivity contribution in [2.24, 2.45) is 5.92 Å². The van der Waals surface area contributed by atoms with Crippen molar-refractivity contribution in [1.29, 1.82) is 0 Å². The van der Waals surface area contributed by atoms with Crippen molar-refractivity contribution in [3.8, 4) is 0 Å². The third-order valence-electron chi connectivity index (χ3n) is 3.64. The Morgan fingerprint density at radius 3 is 2.68 bits per heavy atom. The van der Waals surface area contributed by atoms with E-state index < -0.39 is 17.8 Å². The Morgan fingerprint density at radius 1 is 1.45 bits per heavy atom. The third kappa shape index (κ3) is 3.65. The van der Waals surface area contributed by atoms with Crippen molar-refractivity contribution in [1.82, 2.24) is 14.9 Å². The number of nitrogens with zero attached hydrogens (tertiary/aromatic N) is 4. The Labute approximate surface area is 133 Å². The van der Waals surface area contributed by atoms with Crippen LogP contribution in [0.25, 0.3) is 0 Å². The Kier molecular flexibility index (Phi) is 5.18. The Morgan fingerprint density at radius 2 is 2.09 bits per heavy atom. The smallest absolute Gasteiger partial charge is 0.308 e. The summed E-state index contributed by atoms with van der Waals surface area (Å²) < 4.78 is 0. The van der Waals surface area contributed by atoms with E-state index in [0.717, 1.165) is 25.9 Å². The first-order valence-electron chi connectivity index (χ1n) is 7.16. The number of aromatic nitrogens is 2. The second kappa shape index (κ2) is 6.91. The lowest BCUT2D eigenvalue weighted by Gasteiger charge is -2.21. The lowest BCUT2D eigenvalue weighted by molar-refractivity contribution is -0.141. The van der Waals surface area contributed by atoms with E-state index in [2.05, 4.69) is 9.97 Å². The number of halogens is 1. The van der Waals surface area contributed by atoms with Crippen LogP contribution in [0.4, 0.5) is 5.95 Å². The van der Waals surface area contributed by atoms with E-state index >= 15 is 0 Å². The first-order chi connectivity index (χ1) is 10.4. The molecule has 22 heavy (non-hydrogen) atoms. The van der Waals surface area contributed by atoms with Gasteiger partial charge in [0.1, 0.15) is 0 Å². The van der Waals surface area contributed by atoms with Crippen molar-refractivity contribution in [2.75, 3.05) is 31.6 Å². The lowest BCUT2D eigenvalue weighted by Crippen LogP contribution is -2.34. The summed E-state index contributed by atoms with van der Waals surface area (Å²) in [6.07, 6.45) is 3.57. The largest absolute Gasteiger partial charge is 0.481 e. The fourth-order valence-electron chi connectivity index (χ4n) is 2.33. The van der Waals surface area contributed by atoms with E-state index in [1.54, 1.807) is 6.92 Å². The molecule has 1 unspecified atom stereocenters. The highest BCUT2D eigenvalue weighted by molar-refractivity contribution is 6.33. The summed E-state index contributed by atoms with van der Waals surface area (Å²) in [5.74, 6) is -1.52. The molecular formula is C14H19ClN4O3. The van der Waals surface area contributed by atoms with E-state index in [0.29, 0.717) is 5.95 Å². The standard InChI is InChI=1S/C14H19ClN4O3/c1-9(13(21)22)8-18(2)12(20)11-10(15)7-16-14(17-11)19-5-3-4-6-19/h7,9H,3-6,8H2,1-2H3,(H,21,22). The molecular weight excluding hydrogens is 308 g/mol. The first kappa shape index (κ1) is 16.5. The molecule has 1 aliphatic heterocycles. The molecule has 0 aromatic carbocycles. The minimum Gasteiger partial charge on any atom is -0.481 e. The summed E-state index contributed by atoms with van der Waals surface area (Å²) in [6.45, 7) is 3.36. The molecule has 1 amide bonds. The average Bonchev–Trinajstić information content (AvgIpc) is 3.01. The zero-order chi connectivity index (χ0) is 16.3. The van der Waals surface area contributed by atoms with Crippen LogP contribution >= 0.6 is 11.6 Å². The van der Waals surface area contributed by atoms with Crippen LogP contribution in [0.1, 0.15) is 30.3 Å². The monoisotopic (exact) mass is 326 g/mol. The number of rotatable bonds is 5. The topological polar surface area (TPSA) is 86.6 Å². The van der Waals surface area contributed by atoms with Gasteiger partial charge in [-0.1, -0.05) is 18.5 Å². The molecule has 1 aromatic heterocycles. The number of carboxylic acid groups (broad SMARTS) is 1. The second-order valence-electron chi connectivity index (χ2n) is 5.49. The highest BCUT2D eigenvalue weighted by Gasteiger charge is 2.24. The van der Waals surface area contributed by atoms with Gasteiger partial charge in [0.15, 0.2) is 5.69 Å². The molecule has 0 saturated carbocycles. The van der Waals surface area contributed by atoms with E-state index in [4.69, 9.17) is 16.7 Å². The minimum absolute atomic E-state index is 0.0908. The van der Waals surface area contributed by atoms with Gasteiger partial charge in [0, 0.05) is 26.7 Å². The molecule has 1 atom stereocenters. The van der Waals surface area contributed by atoms with Gasteiger partial charge >= 0.3 is 5.97 Å². The van der Waals surface area contributed by atoms with Gasteiger partial charge in [0.05, 0.1) is 17.1 Å². The fourth-order valence-corrected chi connectivity index (χ4v) is 2.50.